The first-order valence-electron chi connectivity index (χ1n) is 4.90. The molecule has 2 rings (SSSR count). The van der Waals surface area contributed by atoms with Crippen LogP contribution in [0.4, 0.5) is 5.82 Å². The first kappa shape index (κ1) is 10.6. The van der Waals surface area contributed by atoms with Gasteiger partial charge in [0.2, 0.25) is 0 Å². The normalized spacial score (nSPS) is 12.9. The van der Waals surface area contributed by atoms with Crippen molar-refractivity contribution in [3.8, 4) is 0 Å². The second kappa shape index (κ2) is 3.93. The lowest BCUT2D eigenvalue weighted by molar-refractivity contribution is 0.201. The van der Waals surface area contributed by atoms with E-state index in [1.807, 2.05) is 7.05 Å². The second-order valence-corrected chi connectivity index (χ2v) is 3.73. The van der Waals surface area contributed by atoms with Gasteiger partial charge >= 0.3 is 5.69 Å². The molecule has 0 radical (unpaired) electrons. The molecule has 0 aromatic carbocycles. The molecule has 0 aliphatic rings. The summed E-state index contributed by atoms with van der Waals surface area (Å²) < 4.78 is 1.32. The average Bonchev–Trinajstić information content (AvgIpc) is 2.59. The highest BCUT2D eigenvalue weighted by molar-refractivity contribution is 5.49. The Morgan fingerprint density at radius 3 is 3.12 bits per heavy atom. The Balaban J connectivity index is 2.35. The number of aliphatic hydroxyl groups excluding tert-OH is 1. The van der Waals surface area contributed by atoms with Crippen molar-refractivity contribution in [2.75, 3.05) is 18.5 Å². The van der Waals surface area contributed by atoms with Gasteiger partial charge in [0.25, 0.3) is 0 Å². The van der Waals surface area contributed by atoms with Crippen molar-refractivity contribution in [1.82, 2.24) is 19.6 Å². The predicted octanol–water partition coefficient (Wildman–Crippen LogP) is -0.765. The van der Waals surface area contributed by atoms with Gasteiger partial charge < -0.3 is 10.0 Å². The third-order valence-electron chi connectivity index (χ3n) is 2.22. The van der Waals surface area contributed by atoms with Crippen molar-refractivity contribution < 1.29 is 5.11 Å². The summed E-state index contributed by atoms with van der Waals surface area (Å²) in [6.45, 7) is 2.17. The summed E-state index contributed by atoms with van der Waals surface area (Å²) in [6, 6.07) is 1.68. The first-order valence-corrected chi connectivity index (χ1v) is 4.90. The molecule has 0 fully saturated rings. The van der Waals surface area contributed by atoms with Crippen LogP contribution in [0.3, 0.4) is 0 Å². The summed E-state index contributed by atoms with van der Waals surface area (Å²) in [7, 11) is 1.82. The number of rotatable bonds is 3. The molecule has 2 aromatic heterocycles. The van der Waals surface area contributed by atoms with Crippen LogP contribution in [0.2, 0.25) is 0 Å². The SMILES string of the molecule is CC(O)CN(C)c1cc2n[nH]c(=O)n2cn1. The number of aliphatic hydroxyl groups is 1. The summed E-state index contributed by atoms with van der Waals surface area (Å²) in [4.78, 5) is 17.1. The molecule has 2 N–H and O–H groups in total. The smallest absolute Gasteiger partial charge is 0.348 e. The number of fused-ring (bicyclic) bond motifs is 1. The van der Waals surface area contributed by atoms with E-state index in [1.54, 1.807) is 17.9 Å². The molecule has 0 aliphatic carbocycles. The molecule has 1 atom stereocenters. The zero-order valence-electron chi connectivity index (χ0n) is 9.08. The number of hydrogen-bond acceptors (Lipinski definition) is 5. The Hall–Kier alpha value is -1.89. The number of aromatic amines is 1. The maximum Gasteiger partial charge on any atom is 0.348 e. The number of nitrogens with one attached hydrogen (secondary N) is 1. The molecule has 0 saturated heterocycles. The molecule has 0 saturated carbocycles. The standard InChI is InChI=1S/C9H13N5O2/c1-6(15)4-13(2)7-3-8-11-12-9(16)14(8)5-10-7/h3,5-6,15H,4H2,1-2H3,(H,12,16). The van der Waals surface area contributed by atoms with E-state index in [9.17, 15) is 9.90 Å². The van der Waals surface area contributed by atoms with Crippen LogP contribution in [0, 0.1) is 0 Å². The van der Waals surface area contributed by atoms with E-state index in [0.29, 0.717) is 18.0 Å². The van der Waals surface area contributed by atoms with Crippen molar-refractivity contribution in [3.05, 3.63) is 22.9 Å². The minimum atomic E-state index is -0.440. The first-order chi connectivity index (χ1) is 7.58. The Labute approximate surface area is 91.4 Å². The summed E-state index contributed by atoms with van der Waals surface area (Å²) >= 11 is 0. The van der Waals surface area contributed by atoms with Gasteiger partial charge in [0.15, 0.2) is 5.65 Å². The molecule has 7 heteroatoms. The van der Waals surface area contributed by atoms with E-state index in [4.69, 9.17) is 0 Å². The van der Waals surface area contributed by atoms with Gasteiger partial charge in [-0.25, -0.2) is 19.3 Å². The van der Waals surface area contributed by atoms with Crippen LogP contribution in [0.5, 0.6) is 0 Å². The van der Waals surface area contributed by atoms with Crippen molar-refractivity contribution >= 4 is 11.5 Å². The zero-order chi connectivity index (χ0) is 11.7. The van der Waals surface area contributed by atoms with Crippen LogP contribution in [0.25, 0.3) is 5.65 Å². The largest absolute Gasteiger partial charge is 0.392 e. The summed E-state index contributed by atoms with van der Waals surface area (Å²) in [5, 5.41) is 15.4. The number of hydrogen-bond donors (Lipinski definition) is 2. The number of nitrogens with zero attached hydrogens (tertiary/aromatic N) is 4. The molecule has 2 heterocycles. The Morgan fingerprint density at radius 2 is 2.44 bits per heavy atom. The molecule has 7 nitrogen and oxygen atoms in total. The molecular weight excluding hydrogens is 210 g/mol. The van der Waals surface area contributed by atoms with Crippen molar-refractivity contribution in [3.63, 3.8) is 0 Å². The van der Waals surface area contributed by atoms with Crippen LogP contribution < -0.4 is 10.6 Å². The van der Waals surface area contributed by atoms with Crippen LogP contribution in [0.15, 0.2) is 17.2 Å². The maximum absolute atomic E-state index is 11.2. The topological polar surface area (TPSA) is 86.5 Å². The Morgan fingerprint density at radius 1 is 1.69 bits per heavy atom. The quantitative estimate of drug-likeness (QED) is 0.714. The number of H-pyrrole nitrogens is 1. The third-order valence-corrected chi connectivity index (χ3v) is 2.22. The van der Waals surface area contributed by atoms with Gasteiger partial charge in [-0.15, -0.1) is 0 Å². The highest BCUT2D eigenvalue weighted by Gasteiger charge is 2.08. The third kappa shape index (κ3) is 1.89. The van der Waals surface area contributed by atoms with Gasteiger partial charge in [0, 0.05) is 19.7 Å². The summed E-state index contributed by atoms with van der Waals surface area (Å²) in [6.07, 6.45) is 0.971. The van der Waals surface area contributed by atoms with Gasteiger partial charge in [0.1, 0.15) is 12.1 Å². The van der Waals surface area contributed by atoms with E-state index >= 15 is 0 Å². The Kier molecular flexibility index (Phi) is 2.61. The molecule has 0 aliphatic heterocycles. The molecule has 86 valence electrons. The van der Waals surface area contributed by atoms with E-state index in [2.05, 4.69) is 15.2 Å². The van der Waals surface area contributed by atoms with Crippen molar-refractivity contribution in [1.29, 1.82) is 0 Å². The van der Waals surface area contributed by atoms with Gasteiger partial charge in [-0.3, -0.25) is 0 Å². The van der Waals surface area contributed by atoms with Gasteiger partial charge in [-0.2, -0.15) is 5.10 Å². The molecule has 1 unspecified atom stereocenters. The van der Waals surface area contributed by atoms with E-state index < -0.39 is 6.10 Å². The summed E-state index contributed by atoms with van der Waals surface area (Å²) in [5.41, 5.74) is 0.194. The van der Waals surface area contributed by atoms with Crippen LogP contribution in [0.1, 0.15) is 6.92 Å². The molecule has 0 amide bonds. The Bertz CT molecular complexity index is 544. The average molecular weight is 223 g/mol. The fraction of sp³-hybridized carbons (Fsp3) is 0.444. The number of anilines is 1. The van der Waals surface area contributed by atoms with Crippen LogP contribution in [-0.2, 0) is 0 Å². The highest BCUT2D eigenvalue weighted by Crippen LogP contribution is 2.09. The highest BCUT2D eigenvalue weighted by atomic mass is 16.3. The predicted molar refractivity (Wildman–Crippen MR) is 58.6 cm³/mol. The monoisotopic (exact) mass is 223 g/mol. The van der Waals surface area contributed by atoms with Gasteiger partial charge in [-0.1, -0.05) is 0 Å². The fourth-order valence-corrected chi connectivity index (χ4v) is 1.50. The number of aromatic nitrogens is 4. The maximum atomic E-state index is 11.2. The van der Waals surface area contributed by atoms with E-state index in [1.165, 1.54) is 10.7 Å². The summed E-state index contributed by atoms with van der Waals surface area (Å²) in [5.74, 6) is 0.660. The van der Waals surface area contributed by atoms with Gasteiger partial charge in [0.05, 0.1) is 6.10 Å². The van der Waals surface area contributed by atoms with Crippen molar-refractivity contribution in [2.24, 2.45) is 0 Å². The molecule has 0 spiro atoms. The number of likely N-dealkylation sites (N-methyl/N-ethyl adjacent to an activating group) is 1. The molecule has 0 bridgehead atoms. The molecule has 2 aromatic rings. The minimum Gasteiger partial charge on any atom is -0.392 e. The van der Waals surface area contributed by atoms with E-state index in [-0.39, 0.29) is 5.69 Å². The minimum absolute atomic E-state index is 0.313. The second-order valence-electron chi connectivity index (χ2n) is 3.73. The van der Waals surface area contributed by atoms with Crippen LogP contribution >= 0.6 is 0 Å². The molecular formula is C9H13N5O2. The van der Waals surface area contributed by atoms with E-state index in [0.717, 1.165) is 0 Å². The lowest BCUT2D eigenvalue weighted by atomic mass is 10.3. The van der Waals surface area contributed by atoms with Crippen LogP contribution in [-0.4, -0.2) is 44.4 Å². The zero-order valence-corrected chi connectivity index (χ0v) is 9.08. The fourth-order valence-electron chi connectivity index (χ4n) is 1.50. The molecule has 16 heavy (non-hydrogen) atoms. The lowest BCUT2D eigenvalue weighted by Gasteiger charge is -2.19. The van der Waals surface area contributed by atoms with Gasteiger partial charge in [-0.05, 0) is 6.92 Å². The van der Waals surface area contributed by atoms with Crippen molar-refractivity contribution in [2.45, 2.75) is 13.0 Å². The lowest BCUT2D eigenvalue weighted by Crippen LogP contribution is -2.27.